The van der Waals surface area contributed by atoms with E-state index in [0.29, 0.717) is 27.5 Å². The van der Waals surface area contributed by atoms with Gasteiger partial charge >= 0.3 is 0 Å². The van der Waals surface area contributed by atoms with Crippen LogP contribution in [-0.2, 0) is 0 Å². The molecule has 0 unspecified atom stereocenters. The Morgan fingerprint density at radius 2 is 2.25 bits per heavy atom. The molecule has 1 aromatic carbocycles. The molecule has 2 aromatic rings. The first-order valence-electron chi connectivity index (χ1n) is 4.43. The zero-order valence-corrected chi connectivity index (χ0v) is 9.51. The lowest BCUT2D eigenvalue weighted by Gasteiger charge is -2.01. The lowest BCUT2D eigenvalue weighted by molar-refractivity contribution is 0.174. The summed E-state index contributed by atoms with van der Waals surface area (Å²) in [6.07, 6.45) is 0. The minimum Gasteiger partial charge on any atom is -0.454 e. The number of hydrogen-bond donors (Lipinski definition) is 1. The van der Waals surface area contributed by atoms with Crippen LogP contribution in [0.2, 0.25) is 5.02 Å². The van der Waals surface area contributed by atoms with Gasteiger partial charge in [-0.2, -0.15) is 9.36 Å². The van der Waals surface area contributed by atoms with E-state index in [1.807, 2.05) is 0 Å². The van der Waals surface area contributed by atoms with Crippen molar-refractivity contribution in [1.29, 1.82) is 0 Å². The number of benzene rings is 1. The molecule has 1 aliphatic heterocycles. The molecular formula is C9H6ClN3O2S. The van der Waals surface area contributed by atoms with Gasteiger partial charge in [0.15, 0.2) is 22.5 Å². The Hall–Kier alpha value is -1.53. The second-order valence-electron chi connectivity index (χ2n) is 3.15. The van der Waals surface area contributed by atoms with Crippen LogP contribution < -0.4 is 15.2 Å². The third kappa shape index (κ3) is 1.46. The van der Waals surface area contributed by atoms with Crippen LogP contribution in [0.1, 0.15) is 0 Å². The van der Waals surface area contributed by atoms with Crippen LogP contribution in [0.25, 0.3) is 11.4 Å². The summed E-state index contributed by atoms with van der Waals surface area (Å²) in [6.45, 7) is 0.186. The molecule has 0 aliphatic carbocycles. The molecule has 1 aromatic heterocycles. The fourth-order valence-corrected chi connectivity index (χ4v) is 2.17. The maximum absolute atomic E-state index is 6.04. The van der Waals surface area contributed by atoms with Gasteiger partial charge in [-0.05, 0) is 12.1 Å². The lowest BCUT2D eigenvalue weighted by atomic mass is 10.2. The normalized spacial score (nSPS) is 13.1. The van der Waals surface area contributed by atoms with Crippen molar-refractivity contribution in [2.45, 2.75) is 0 Å². The average molecular weight is 256 g/mol. The first-order chi connectivity index (χ1) is 7.74. The fourth-order valence-electron chi connectivity index (χ4n) is 1.45. The number of nitrogen functional groups attached to an aromatic ring is 1. The number of nitrogens with two attached hydrogens (primary N) is 1. The van der Waals surface area contributed by atoms with Crippen LogP contribution in [0.5, 0.6) is 11.5 Å². The molecule has 5 nitrogen and oxygen atoms in total. The standard InChI is InChI=1S/C9H6ClN3O2S/c10-5-1-4(8-12-9(11)16-13-8)2-6-7(5)15-3-14-6/h1-2H,3H2,(H2,11,12,13). The summed E-state index contributed by atoms with van der Waals surface area (Å²) < 4.78 is 14.6. The van der Waals surface area contributed by atoms with Gasteiger partial charge in [0.05, 0.1) is 5.02 Å². The minimum absolute atomic E-state index is 0.186. The van der Waals surface area contributed by atoms with E-state index in [0.717, 1.165) is 17.1 Å². The van der Waals surface area contributed by atoms with Gasteiger partial charge in [-0.1, -0.05) is 11.6 Å². The van der Waals surface area contributed by atoms with Crippen LogP contribution in [-0.4, -0.2) is 16.2 Å². The second kappa shape index (κ2) is 3.50. The first-order valence-corrected chi connectivity index (χ1v) is 5.58. The molecule has 16 heavy (non-hydrogen) atoms. The second-order valence-corrected chi connectivity index (χ2v) is 4.34. The van der Waals surface area contributed by atoms with Gasteiger partial charge in [0.25, 0.3) is 0 Å². The Morgan fingerprint density at radius 3 is 3.00 bits per heavy atom. The van der Waals surface area contributed by atoms with Gasteiger partial charge in [0.1, 0.15) is 0 Å². The summed E-state index contributed by atoms with van der Waals surface area (Å²) in [5.41, 5.74) is 6.29. The van der Waals surface area contributed by atoms with Crippen LogP contribution in [0.3, 0.4) is 0 Å². The van der Waals surface area contributed by atoms with E-state index in [2.05, 4.69) is 9.36 Å². The molecule has 0 atom stereocenters. The average Bonchev–Trinajstić information content (AvgIpc) is 2.85. The van der Waals surface area contributed by atoms with E-state index in [-0.39, 0.29) is 6.79 Å². The van der Waals surface area contributed by atoms with Gasteiger partial charge in [0, 0.05) is 17.1 Å². The lowest BCUT2D eigenvalue weighted by Crippen LogP contribution is -1.93. The molecule has 0 saturated carbocycles. The Labute approximate surface area is 99.9 Å². The monoisotopic (exact) mass is 255 g/mol. The van der Waals surface area contributed by atoms with Crippen LogP contribution >= 0.6 is 23.1 Å². The van der Waals surface area contributed by atoms with Crippen LogP contribution in [0.4, 0.5) is 5.13 Å². The van der Waals surface area contributed by atoms with Crippen molar-refractivity contribution in [3.8, 4) is 22.9 Å². The Bertz CT molecular complexity index is 558. The molecule has 0 amide bonds. The highest BCUT2D eigenvalue weighted by molar-refractivity contribution is 7.09. The molecule has 3 rings (SSSR count). The number of ether oxygens (including phenoxy) is 2. The molecule has 0 fully saturated rings. The molecular weight excluding hydrogens is 250 g/mol. The molecule has 0 saturated heterocycles. The topological polar surface area (TPSA) is 70.3 Å². The predicted molar refractivity (Wildman–Crippen MR) is 60.9 cm³/mol. The molecule has 0 spiro atoms. The highest BCUT2D eigenvalue weighted by Crippen LogP contribution is 2.41. The van der Waals surface area contributed by atoms with E-state index in [9.17, 15) is 0 Å². The van der Waals surface area contributed by atoms with Gasteiger partial charge in [-0.25, -0.2) is 0 Å². The van der Waals surface area contributed by atoms with Crippen LogP contribution in [0.15, 0.2) is 12.1 Å². The zero-order valence-electron chi connectivity index (χ0n) is 7.94. The van der Waals surface area contributed by atoms with E-state index in [4.69, 9.17) is 26.8 Å². The molecule has 0 radical (unpaired) electrons. The summed E-state index contributed by atoms with van der Waals surface area (Å²) in [5.74, 6) is 1.71. The number of halogens is 1. The largest absolute Gasteiger partial charge is 0.454 e. The molecule has 0 bridgehead atoms. The quantitative estimate of drug-likeness (QED) is 0.846. The van der Waals surface area contributed by atoms with Gasteiger partial charge in [-0.15, -0.1) is 0 Å². The molecule has 1 aliphatic rings. The first kappa shape index (κ1) is 9.68. The van der Waals surface area contributed by atoms with Gasteiger partial charge in [0.2, 0.25) is 6.79 Å². The highest BCUT2D eigenvalue weighted by Gasteiger charge is 2.19. The van der Waals surface area contributed by atoms with E-state index >= 15 is 0 Å². The van der Waals surface area contributed by atoms with E-state index in [1.165, 1.54) is 0 Å². The minimum atomic E-state index is 0.186. The summed E-state index contributed by atoms with van der Waals surface area (Å²) >= 11 is 7.18. The highest BCUT2D eigenvalue weighted by atomic mass is 35.5. The number of nitrogens with zero attached hydrogens (tertiary/aromatic N) is 2. The third-order valence-corrected chi connectivity index (χ3v) is 2.95. The zero-order chi connectivity index (χ0) is 11.1. The molecule has 82 valence electrons. The Kier molecular flexibility index (Phi) is 2.12. The fraction of sp³-hybridized carbons (Fsp3) is 0.111. The summed E-state index contributed by atoms with van der Waals surface area (Å²) in [6, 6.07) is 3.52. The van der Waals surface area contributed by atoms with Crippen molar-refractivity contribution in [3.63, 3.8) is 0 Å². The van der Waals surface area contributed by atoms with E-state index in [1.54, 1.807) is 12.1 Å². The van der Waals surface area contributed by atoms with Crippen molar-refractivity contribution in [2.75, 3.05) is 12.5 Å². The Morgan fingerprint density at radius 1 is 1.38 bits per heavy atom. The smallest absolute Gasteiger partial charge is 0.231 e. The predicted octanol–water partition coefficient (Wildman–Crippen LogP) is 2.17. The maximum atomic E-state index is 6.04. The third-order valence-electron chi connectivity index (χ3n) is 2.13. The number of hydrogen-bond acceptors (Lipinski definition) is 6. The van der Waals surface area contributed by atoms with Crippen LogP contribution in [0, 0.1) is 0 Å². The Balaban J connectivity index is 2.12. The van der Waals surface area contributed by atoms with Gasteiger partial charge in [-0.3, -0.25) is 0 Å². The number of aromatic nitrogens is 2. The molecule has 7 heteroatoms. The molecule has 2 heterocycles. The van der Waals surface area contributed by atoms with Crippen molar-refractivity contribution < 1.29 is 9.47 Å². The summed E-state index contributed by atoms with van der Waals surface area (Å²) in [4.78, 5) is 4.08. The number of rotatable bonds is 1. The molecule has 2 N–H and O–H groups in total. The summed E-state index contributed by atoms with van der Waals surface area (Å²) in [7, 11) is 0. The SMILES string of the molecule is Nc1nc(-c2cc(Cl)c3c(c2)OCO3)ns1. The maximum Gasteiger partial charge on any atom is 0.231 e. The van der Waals surface area contributed by atoms with E-state index < -0.39 is 0 Å². The number of fused-ring (bicyclic) bond motifs is 1. The van der Waals surface area contributed by atoms with Gasteiger partial charge < -0.3 is 15.2 Å². The summed E-state index contributed by atoms with van der Waals surface area (Å²) in [5, 5.41) is 0.905. The van der Waals surface area contributed by atoms with Crippen molar-refractivity contribution in [1.82, 2.24) is 9.36 Å². The van der Waals surface area contributed by atoms with Crippen molar-refractivity contribution >= 4 is 28.3 Å². The van der Waals surface area contributed by atoms with Crippen molar-refractivity contribution in [3.05, 3.63) is 17.2 Å². The van der Waals surface area contributed by atoms with Crippen molar-refractivity contribution in [2.24, 2.45) is 0 Å². The number of anilines is 1.